The topological polar surface area (TPSA) is 40.6 Å². The Labute approximate surface area is 150 Å². The summed E-state index contributed by atoms with van der Waals surface area (Å²) in [4.78, 5) is 28.8. The van der Waals surface area contributed by atoms with E-state index < -0.39 is 0 Å². The van der Waals surface area contributed by atoms with Crippen LogP contribution in [0.25, 0.3) is 0 Å². The number of carbonyl (C=O) groups is 2. The molecule has 4 heteroatoms. The lowest BCUT2D eigenvalue weighted by molar-refractivity contribution is 0.0777. The van der Waals surface area contributed by atoms with Crippen LogP contribution in [0.4, 0.5) is 0 Å². The second kappa shape index (κ2) is 8.58. The summed E-state index contributed by atoms with van der Waals surface area (Å²) in [7, 11) is 3.85. The summed E-state index contributed by atoms with van der Waals surface area (Å²) in [5.74, 6) is -0.0672. The van der Waals surface area contributed by atoms with E-state index in [4.69, 9.17) is 0 Å². The average molecular weight is 338 g/mol. The molecule has 0 unspecified atom stereocenters. The summed E-state index contributed by atoms with van der Waals surface area (Å²) in [6.07, 6.45) is 0. The molecule has 0 aliphatic heterocycles. The fourth-order valence-electron chi connectivity index (χ4n) is 2.41. The Bertz CT molecular complexity index is 708. The van der Waals surface area contributed by atoms with Crippen molar-refractivity contribution in [3.63, 3.8) is 0 Å². The largest absolute Gasteiger partial charge is 0.340 e. The maximum Gasteiger partial charge on any atom is 0.253 e. The number of benzene rings is 2. The maximum atomic E-state index is 12.5. The standard InChI is InChI=1S/C21H26N2O2/c1-16(2)22(3)14-15-23(4)21(25)19-12-10-18(11-13-19)20(24)17-8-6-5-7-9-17/h5-13,16H,14-15H2,1-4H3. The van der Waals surface area contributed by atoms with Crippen LogP contribution in [0, 0.1) is 0 Å². The van der Waals surface area contributed by atoms with E-state index in [9.17, 15) is 9.59 Å². The summed E-state index contributed by atoms with van der Waals surface area (Å²) in [6.45, 7) is 5.75. The Hall–Kier alpha value is -2.46. The van der Waals surface area contributed by atoms with Crippen LogP contribution < -0.4 is 0 Å². The fraction of sp³-hybridized carbons (Fsp3) is 0.333. The molecular formula is C21H26N2O2. The van der Waals surface area contributed by atoms with Crippen molar-refractivity contribution in [2.75, 3.05) is 27.2 Å². The van der Waals surface area contributed by atoms with Gasteiger partial charge >= 0.3 is 0 Å². The Morgan fingerprint density at radius 3 is 1.88 bits per heavy atom. The Balaban J connectivity index is 2.01. The Morgan fingerprint density at radius 2 is 1.32 bits per heavy atom. The van der Waals surface area contributed by atoms with Gasteiger partial charge in [0.15, 0.2) is 5.78 Å². The molecule has 0 aliphatic rings. The molecule has 0 N–H and O–H groups in total. The molecule has 4 nitrogen and oxygen atoms in total. The molecule has 132 valence electrons. The highest BCUT2D eigenvalue weighted by Crippen LogP contribution is 2.12. The fourth-order valence-corrected chi connectivity index (χ4v) is 2.41. The van der Waals surface area contributed by atoms with Crippen LogP contribution in [0.3, 0.4) is 0 Å². The zero-order valence-corrected chi connectivity index (χ0v) is 15.4. The van der Waals surface area contributed by atoms with Crippen LogP contribution in [-0.2, 0) is 0 Å². The van der Waals surface area contributed by atoms with Gasteiger partial charge in [0, 0.05) is 42.9 Å². The number of hydrogen-bond donors (Lipinski definition) is 0. The molecule has 2 rings (SSSR count). The molecule has 0 saturated carbocycles. The van der Waals surface area contributed by atoms with Gasteiger partial charge in [0.1, 0.15) is 0 Å². The van der Waals surface area contributed by atoms with Crippen LogP contribution in [0.5, 0.6) is 0 Å². The number of hydrogen-bond acceptors (Lipinski definition) is 3. The summed E-state index contributed by atoms with van der Waals surface area (Å²) in [5.41, 5.74) is 1.83. The van der Waals surface area contributed by atoms with Crippen molar-refractivity contribution in [2.45, 2.75) is 19.9 Å². The molecule has 0 spiro atoms. The van der Waals surface area contributed by atoms with Crippen molar-refractivity contribution in [2.24, 2.45) is 0 Å². The van der Waals surface area contributed by atoms with E-state index >= 15 is 0 Å². The number of carbonyl (C=O) groups excluding carboxylic acids is 2. The van der Waals surface area contributed by atoms with Gasteiger partial charge in [0.2, 0.25) is 0 Å². The second-order valence-electron chi connectivity index (χ2n) is 6.57. The predicted molar refractivity (Wildman–Crippen MR) is 101 cm³/mol. The predicted octanol–water partition coefficient (Wildman–Crippen LogP) is 3.33. The van der Waals surface area contributed by atoms with Gasteiger partial charge in [-0.25, -0.2) is 0 Å². The SMILES string of the molecule is CC(C)N(C)CCN(C)C(=O)c1ccc(C(=O)c2ccccc2)cc1. The minimum absolute atomic E-state index is 0.0316. The van der Waals surface area contributed by atoms with Gasteiger partial charge in [-0.3, -0.25) is 9.59 Å². The number of amides is 1. The van der Waals surface area contributed by atoms with Crippen LogP contribution >= 0.6 is 0 Å². The minimum Gasteiger partial charge on any atom is -0.340 e. The van der Waals surface area contributed by atoms with E-state index in [2.05, 4.69) is 18.7 Å². The number of ketones is 1. The van der Waals surface area contributed by atoms with Crippen molar-refractivity contribution in [3.05, 3.63) is 71.3 Å². The third kappa shape index (κ3) is 5.00. The van der Waals surface area contributed by atoms with Gasteiger partial charge in [-0.05, 0) is 33.0 Å². The van der Waals surface area contributed by atoms with Crippen molar-refractivity contribution in [3.8, 4) is 0 Å². The van der Waals surface area contributed by atoms with Crippen LogP contribution in [0.2, 0.25) is 0 Å². The Morgan fingerprint density at radius 1 is 0.800 bits per heavy atom. The maximum absolute atomic E-state index is 12.5. The van der Waals surface area contributed by atoms with Crippen LogP contribution in [0.1, 0.15) is 40.1 Å². The molecule has 2 aromatic carbocycles. The van der Waals surface area contributed by atoms with E-state index in [0.29, 0.717) is 29.3 Å². The normalized spacial score (nSPS) is 11.0. The molecule has 0 radical (unpaired) electrons. The van der Waals surface area contributed by atoms with Crippen LogP contribution in [0.15, 0.2) is 54.6 Å². The van der Waals surface area contributed by atoms with Crippen molar-refractivity contribution >= 4 is 11.7 Å². The van der Waals surface area contributed by atoms with E-state index in [-0.39, 0.29) is 11.7 Å². The molecular weight excluding hydrogens is 312 g/mol. The third-order valence-corrected chi connectivity index (χ3v) is 4.45. The summed E-state index contributed by atoms with van der Waals surface area (Å²) >= 11 is 0. The van der Waals surface area contributed by atoms with Crippen LogP contribution in [-0.4, -0.2) is 54.7 Å². The molecule has 1 amide bonds. The lowest BCUT2D eigenvalue weighted by Crippen LogP contribution is -2.37. The molecule has 0 aromatic heterocycles. The zero-order chi connectivity index (χ0) is 18.4. The highest BCUT2D eigenvalue weighted by atomic mass is 16.2. The molecule has 0 fully saturated rings. The molecule has 25 heavy (non-hydrogen) atoms. The van der Waals surface area contributed by atoms with Gasteiger partial charge in [-0.15, -0.1) is 0 Å². The quantitative estimate of drug-likeness (QED) is 0.727. The van der Waals surface area contributed by atoms with Crippen molar-refractivity contribution in [1.82, 2.24) is 9.80 Å². The van der Waals surface area contributed by atoms with Crippen molar-refractivity contribution < 1.29 is 9.59 Å². The van der Waals surface area contributed by atoms with Gasteiger partial charge in [0.25, 0.3) is 5.91 Å². The number of likely N-dealkylation sites (N-methyl/N-ethyl adjacent to an activating group) is 2. The zero-order valence-electron chi connectivity index (χ0n) is 15.4. The lowest BCUT2D eigenvalue weighted by Gasteiger charge is -2.25. The molecule has 0 aliphatic carbocycles. The first-order valence-corrected chi connectivity index (χ1v) is 8.55. The molecule has 0 atom stereocenters. The molecule has 2 aromatic rings. The second-order valence-corrected chi connectivity index (χ2v) is 6.57. The molecule has 0 heterocycles. The molecule has 0 bridgehead atoms. The highest BCUT2D eigenvalue weighted by molar-refractivity contribution is 6.09. The summed E-state index contributed by atoms with van der Waals surface area (Å²) < 4.78 is 0. The monoisotopic (exact) mass is 338 g/mol. The number of nitrogens with zero attached hydrogens (tertiary/aromatic N) is 2. The first-order chi connectivity index (χ1) is 11.9. The van der Waals surface area contributed by atoms with E-state index in [0.717, 1.165) is 6.54 Å². The first kappa shape index (κ1) is 18.9. The third-order valence-electron chi connectivity index (χ3n) is 4.45. The summed E-state index contributed by atoms with van der Waals surface area (Å²) in [6, 6.07) is 16.5. The lowest BCUT2D eigenvalue weighted by atomic mass is 10.0. The van der Waals surface area contributed by atoms with Gasteiger partial charge in [-0.2, -0.15) is 0 Å². The minimum atomic E-state index is -0.0356. The van der Waals surface area contributed by atoms with Gasteiger partial charge < -0.3 is 9.80 Å². The van der Waals surface area contributed by atoms with E-state index in [1.54, 1.807) is 48.3 Å². The average Bonchev–Trinajstić information content (AvgIpc) is 2.65. The van der Waals surface area contributed by atoms with E-state index in [1.807, 2.05) is 25.2 Å². The first-order valence-electron chi connectivity index (χ1n) is 8.55. The molecule has 0 saturated heterocycles. The van der Waals surface area contributed by atoms with Gasteiger partial charge in [-0.1, -0.05) is 42.5 Å². The highest BCUT2D eigenvalue weighted by Gasteiger charge is 2.14. The number of rotatable bonds is 7. The Kier molecular flexibility index (Phi) is 6.48. The summed E-state index contributed by atoms with van der Waals surface area (Å²) in [5, 5.41) is 0. The van der Waals surface area contributed by atoms with Crippen molar-refractivity contribution in [1.29, 1.82) is 0 Å². The van der Waals surface area contributed by atoms with E-state index in [1.165, 1.54) is 0 Å². The smallest absolute Gasteiger partial charge is 0.253 e. The van der Waals surface area contributed by atoms with Gasteiger partial charge in [0.05, 0.1) is 0 Å².